The van der Waals surface area contributed by atoms with Crippen molar-refractivity contribution in [1.29, 1.82) is 0 Å². The van der Waals surface area contributed by atoms with Crippen LogP contribution in [0.4, 0.5) is 5.82 Å². The first-order valence-electron chi connectivity index (χ1n) is 3.18. The molecule has 1 aromatic rings. The molecule has 1 amide bonds. The third kappa shape index (κ3) is 1.82. The van der Waals surface area contributed by atoms with Gasteiger partial charge in [0.05, 0.1) is 6.20 Å². The molecule has 0 aromatic carbocycles. The summed E-state index contributed by atoms with van der Waals surface area (Å²) in [5.41, 5.74) is 0. The number of carbonyl (C=O) groups is 2. The average molecular weight is 169 g/mol. The number of anilines is 1. The van der Waals surface area contributed by atoms with Crippen LogP contribution in [0.25, 0.3) is 0 Å². The van der Waals surface area contributed by atoms with E-state index in [1.165, 1.54) is 16.9 Å². The van der Waals surface area contributed by atoms with Crippen LogP contribution in [-0.2, 0) is 16.1 Å². The topological polar surface area (TPSA) is 84.2 Å². The molecule has 0 spiro atoms. The Morgan fingerprint density at radius 3 is 3.17 bits per heavy atom. The number of carboxylic acids is 1. The highest BCUT2D eigenvalue weighted by Crippen LogP contribution is 2.03. The van der Waals surface area contributed by atoms with Gasteiger partial charge in [-0.1, -0.05) is 0 Å². The van der Waals surface area contributed by atoms with Crippen molar-refractivity contribution in [3.8, 4) is 0 Å². The molecule has 0 atom stereocenters. The van der Waals surface area contributed by atoms with E-state index in [0.717, 1.165) is 0 Å². The first-order chi connectivity index (χ1) is 5.74. The monoisotopic (exact) mass is 169 g/mol. The van der Waals surface area contributed by atoms with Crippen molar-refractivity contribution < 1.29 is 14.7 Å². The molecule has 0 bridgehead atoms. The second kappa shape index (κ2) is 3.51. The average Bonchev–Trinajstić information content (AvgIpc) is 2.37. The molecule has 0 unspecified atom stereocenters. The fraction of sp³-hybridized carbons (Fsp3) is 0.167. The zero-order valence-electron chi connectivity index (χ0n) is 6.10. The fourth-order valence-corrected chi connectivity index (χ4v) is 0.770. The van der Waals surface area contributed by atoms with Crippen LogP contribution in [-0.4, -0.2) is 27.3 Å². The molecule has 1 rings (SSSR count). The number of hydrogen-bond donors (Lipinski definition) is 2. The Balaban J connectivity index is 2.76. The van der Waals surface area contributed by atoms with Gasteiger partial charge < -0.3 is 10.4 Å². The van der Waals surface area contributed by atoms with E-state index in [2.05, 4.69) is 10.4 Å². The Bertz CT molecular complexity index is 294. The van der Waals surface area contributed by atoms with Gasteiger partial charge in [-0.2, -0.15) is 5.10 Å². The zero-order valence-corrected chi connectivity index (χ0v) is 6.10. The molecule has 6 heteroatoms. The molecule has 2 N–H and O–H groups in total. The number of nitrogens with one attached hydrogen (secondary N) is 1. The lowest BCUT2D eigenvalue weighted by Gasteiger charge is -2.01. The van der Waals surface area contributed by atoms with Crippen LogP contribution < -0.4 is 5.32 Å². The Kier molecular flexibility index (Phi) is 2.42. The maximum Gasteiger partial charge on any atom is 0.325 e. The molecule has 0 aliphatic heterocycles. The van der Waals surface area contributed by atoms with Gasteiger partial charge in [0, 0.05) is 6.07 Å². The molecule has 0 aliphatic carbocycles. The van der Waals surface area contributed by atoms with Gasteiger partial charge >= 0.3 is 5.97 Å². The Morgan fingerprint density at radius 2 is 2.58 bits per heavy atom. The molecule has 64 valence electrons. The number of carboxylic acid groups (broad SMARTS) is 1. The summed E-state index contributed by atoms with van der Waals surface area (Å²) < 4.78 is 1.18. The number of amides is 1. The molecule has 0 saturated heterocycles. The minimum atomic E-state index is -1.01. The highest BCUT2D eigenvalue weighted by atomic mass is 16.4. The van der Waals surface area contributed by atoms with Gasteiger partial charge in [-0.3, -0.25) is 9.59 Å². The summed E-state index contributed by atoms with van der Waals surface area (Å²) in [6.45, 7) is -0.261. The van der Waals surface area contributed by atoms with E-state index >= 15 is 0 Å². The molecule has 0 saturated carbocycles. The van der Waals surface area contributed by atoms with Gasteiger partial charge in [0.25, 0.3) is 0 Å². The van der Waals surface area contributed by atoms with Gasteiger partial charge in [-0.25, -0.2) is 4.68 Å². The normalized spacial score (nSPS) is 9.33. The summed E-state index contributed by atoms with van der Waals surface area (Å²) in [7, 11) is 0. The first-order valence-corrected chi connectivity index (χ1v) is 3.18. The predicted molar refractivity (Wildman–Crippen MR) is 39.5 cm³/mol. The third-order valence-corrected chi connectivity index (χ3v) is 1.21. The largest absolute Gasteiger partial charge is 0.480 e. The summed E-state index contributed by atoms with van der Waals surface area (Å²) in [6.07, 6.45) is 1.88. The number of carbonyl (C=O) groups excluding carboxylic acids is 1. The summed E-state index contributed by atoms with van der Waals surface area (Å²) in [5.74, 6) is -0.639. The van der Waals surface area contributed by atoms with E-state index in [1.807, 2.05) is 0 Å². The van der Waals surface area contributed by atoms with Gasteiger partial charge in [-0.15, -0.1) is 0 Å². The minimum Gasteiger partial charge on any atom is -0.480 e. The van der Waals surface area contributed by atoms with Crippen molar-refractivity contribution in [2.24, 2.45) is 0 Å². The number of aliphatic carboxylic acids is 1. The van der Waals surface area contributed by atoms with Crippen molar-refractivity contribution in [2.45, 2.75) is 6.54 Å². The second-order valence-corrected chi connectivity index (χ2v) is 2.03. The summed E-state index contributed by atoms with van der Waals surface area (Å²) >= 11 is 0. The zero-order chi connectivity index (χ0) is 8.97. The molecule has 1 aromatic heterocycles. The van der Waals surface area contributed by atoms with Crippen molar-refractivity contribution in [1.82, 2.24) is 9.78 Å². The van der Waals surface area contributed by atoms with Gasteiger partial charge in [0.1, 0.15) is 12.4 Å². The first kappa shape index (κ1) is 8.25. The standard InChI is InChI=1S/C6H7N3O3/c10-4-7-5-1-2-8-9(5)3-6(11)12/h1-2,4H,3H2,(H,7,10)(H,11,12). The maximum absolute atomic E-state index is 10.2. The van der Waals surface area contributed by atoms with E-state index in [0.29, 0.717) is 12.2 Å². The van der Waals surface area contributed by atoms with Crippen molar-refractivity contribution >= 4 is 18.2 Å². The summed E-state index contributed by atoms with van der Waals surface area (Å²) in [5, 5.41) is 14.4. The van der Waals surface area contributed by atoms with E-state index in [1.54, 1.807) is 0 Å². The number of hydrogen-bond acceptors (Lipinski definition) is 3. The number of rotatable bonds is 4. The molecule has 0 fully saturated rings. The molecule has 0 aliphatic rings. The van der Waals surface area contributed by atoms with E-state index in [4.69, 9.17) is 5.11 Å². The Hall–Kier alpha value is -1.85. The van der Waals surface area contributed by atoms with Crippen LogP contribution in [0.3, 0.4) is 0 Å². The molecular formula is C6H7N3O3. The predicted octanol–water partition coefficient (Wildman–Crippen LogP) is -0.464. The van der Waals surface area contributed by atoms with Crippen LogP contribution in [0.5, 0.6) is 0 Å². The van der Waals surface area contributed by atoms with Crippen LogP contribution in [0.15, 0.2) is 12.3 Å². The lowest BCUT2D eigenvalue weighted by molar-refractivity contribution is -0.137. The number of aromatic nitrogens is 2. The Labute approximate surface area is 67.8 Å². The van der Waals surface area contributed by atoms with E-state index in [9.17, 15) is 9.59 Å². The lowest BCUT2D eigenvalue weighted by Crippen LogP contribution is -2.13. The molecule has 12 heavy (non-hydrogen) atoms. The van der Waals surface area contributed by atoms with Gasteiger partial charge in [0.2, 0.25) is 6.41 Å². The highest BCUT2D eigenvalue weighted by Gasteiger charge is 2.04. The summed E-state index contributed by atoms with van der Waals surface area (Å²) in [6, 6.07) is 1.51. The van der Waals surface area contributed by atoms with Crippen LogP contribution in [0, 0.1) is 0 Å². The van der Waals surface area contributed by atoms with Gasteiger partial charge in [0.15, 0.2) is 0 Å². The highest BCUT2D eigenvalue weighted by molar-refractivity contribution is 5.71. The van der Waals surface area contributed by atoms with E-state index < -0.39 is 5.97 Å². The smallest absolute Gasteiger partial charge is 0.325 e. The molecular weight excluding hydrogens is 162 g/mol. The third-order valence-electron chi connectivity index (χ3n) is 1.21. The van der Waals surface area contributed by atoms with Crippen LogP contribution >= 0.6 is 0 Å². The number of nitrogens with zero attached hydrogens (tertiary/aromatic N) is 2. The minimum absolute atomic E-state index is 0.261. The quantitative estimate of drug-likeness (QED) is 0.597. The maximum atomic E-state index is 10.2. The van der Waals surface area contributed by atoms with Gasteiger partial charge in [-0.05, 0) is 0 Å². The molecule has 0 radical (unpaired) electrons. The second-order valence-electron chi connectivity index (χ2n) is 2.03. The Morgan fingerprint density at radius 1 is 1.83 bits per heavy atom. The van der Waals surface area contributed by atoms with Crippen molar-refractivity contribution in [3.63, 3.8) is 0 Å². The van der Waals surface area contributed by atoms with E-state index in [-0.39, 0.29) is 6.54 Å². The molecule has 1 heterocycles. The van der Waals surface area contributed by atoms with Crippen molar-refractivity contribution in [2.75, 3.05) is 5.32 Å². The van der Waals surface area contributed by atoms with Crippen LogP contribution in [0.1, 0.15) is 0 Å². The summed E-state index contributed by atoms with van der Waals surface area (Å²) in [4.78, 5) is 20.3. The van der Waals surface area contributed by atoms with Crippen LogP contribution in [0.2, 0.25) is 0 Å². The lowest BCUT2D eigenvalue weighted by atomic mass is 10.6. The SMILES string of the molecule is O=CNc1ccnn1CC(=O)O. The molecule has 6 nitrogen and oxygen atoms in total. The fourth-order valence-electron chi connectivity index (χ4n) is 0.770. The van der Waals surface area contributed by atoms with Crippen molar-refractivity contribution in [3.05, 3.63) is 12.3 Å².